The van der Waals surface area contributed by atoms with E-state index in [1.807, 2.05) is 24.3 Å². The Kier molecular flexibility index (Phi) is 5.12. The van der Waals surface area contributed by atoms with Crippen LogP contribution in [0.5, 0.6) is 0 Å². The zero-order valence-electron chi connectivity index (χ0n) is 13.3. The topological polar surface area (TPSA) is 42.2 Å². The third-order valence-electron chi connectivity index (χ3n) is 5.37. The molecule has 3 rings (SSSR count). The molecule has 3 nitrogen and oxygen atoms in total. The van der Waals surface area contributed by atoms with Crippen LogP contribution in [0.3, 0.4) is 0 Å². The number of nitrogens with zero attached hydrogens (tertiary/aromatic N) is 1. The quantitative estimate of drug-likeness (QED) is 0.828. The van der Waals surface area contributed by atoms with E-state index >= 15 is 0 Å². The minimum Gasteiger partial charge on any atom is -0.348 e. The van der Waals surface area contributed by atoms with Crippen molar-refractivity contribution in [3.63, 3.8) is 0 Å². The number of nitriles is 1. The summed E-state index contributed by atoms with van der Waals surface area (Å²) in [6, 6.07) is 9.63. The van der Waals surface area contributed by atoms with Crippen LogP contribution >= 0.6 is 0 Å². The van der Waals surface area contributed by atoms with Gasteiger partial charge in [0.2, 0.25) is 0 Å². The van der Waals surface area contributed by atoms with Gasteiger partial charge in [0.1, 0.15) is 0 Å². The molecule has 1 aromatic carbocycles. The minimum absolute atomic E-state index is 0.268. The summed E-state index contributed by atoms with van der Waals surface area (Å²) in [5, 5.41) is 8.84. The maximum atomic E-state index is 8.84. The van der Waals surface area contributed by atoms with Gasteiger partial charge in [-0.1, -0.05) is 38.3 Å². The van der Waals surface area contributed by atoms with Crippen molar-refractivity contribution in [1.29, 1.82) is 5.26 Å². The molecular formula is C19H25NO2. The number of benzene rings is 1. The lowest BCUT2D eigenvalue weighted by molar-refractivity contribution is -0.214. The Morgan fingerprint density at radius 2 is 1.64 bits per heavy atom. The van der Waals surface area contributed by atoms with Crippen LogP contribution in [-0.4, -0.2) is 13.2 Å². The molecule has 0 unspecified atom stereocenters. The second-order valence-corrected chi connectivity index (χ2v) is 6.68. The largest absolute Gasteiger partial charge is 0.348 e. The van der Waals surface area contributed by atoms with E-state index in [0.717, 1.165) is 30.6 Å². The highest BCUT2D eigenvalue weighted by Gasteiger charge is 2.31. The van der Waals surface area contributed by atoms with Crippen molar-refractivity contribution in [2.45, 2.75) is 45.3 Å². The Labute approximate surface area is 133 Å². The fraction of sp³-hybridized carbons (Fsp3) is 0.632. The molecule has 0 N–H and O–H groups in total. The van der Waals surface area contributed by atoms with Crippen molar-refractivity contribution in [3.8, 4) is 6.07 Å². The third kappa shape index (κ3) is 3.51. The molecule has 1 heterocycles. The van der Waals surface area contributed by atoms with E-state index in [0.29, 0.717) is 11.5 Å². The monoisotopic (exact) mass is 299 g/mol. The van der Waals surface area contributed by atoms with Gasteiger partial charge in [0.05, 0.1) is 24.8 Å². The molecule has 0 amide bonds. The highest BCUT2D eigenvalue weighted by atomic mass is 16.7. The van der Waals surface area contributed by atoms with E-state index in [9.17, 15) is 0 Å². The van der Waals surface area contributed by atoms with Gasteiger partial charge in [-0.3, -0.25) is 0 Å². The fourth-order valence-electron chi connectivity index (χ4n) is 3.77. The van der Waals surface area contributed by atoms with E-state index in [1.165, 1.54) is 32.1 Å². The summed E-state index contributed by atoms with van der Waals surface area (Å²) in [5.74, 6) is 2.25. The molecule has 1 aliphatic carbocycles. The summed E-state index contributed by atoms with van der Waals surface area (Å²) in [6.45, 7) is 3.90. The molecule has 0 spiro atoms. The summed E-state index contributed by atoms with van der Waals surface area (Å²) in [7, 11) is 0. The number of ether oxygens (including phenoxy) is 2. The first-order valence-corrected chi connectivity index (χ1v) is 8.53. The van der Waals surface area contributed by atoms with E-state index in [1.54, 1.807) is 0 Å². The SMILES string of the molecule is CCC1CCC(C2COC(c3ccc(C#N)cc3)OC2)CC1. The molecule has 22 heavy (non-hydrogen) atoms. The Morgan fingerprint density at radius 1 is 1.00 bits per heavy atom. The molecule has 118 valence electrons. The lowest BCUT2D eigenvalue weighted by Gasteiger charge is -2.37. The summed E-state index contributed by atoms with van der Waals surface area (Å²) < 4.78 is 11.9. The molecule has 1 aliphatic heterocycles. The zero-order chi connectivity index (χ0) is 15.4. The van der Waals surface area contributed by atoms with Crippen molar-refractivity contribution in [3.05, 3.63) is 35.4 Å². The molecule has 0 atom stereocenters. The van der Waals surface area contributed by atoms with Gasteiger partial charge in [-0.2, -0.15) is 5.26 Å². The van der Waals surface area contributed by atoms with E-state index in [2.05, 4.69) is 13.0 Å². The summed E-state index contributed by atoms with van der Waals surface area (Å²) in [6.07, 6.45) is 6.46. The molecule has 0 radical (unpaired) electrons. The second kappa shape index (κ2) is 7.26. The third-order valence-corrected chi connectivity index (χ3v) is 5.37. The second-order valence-electron chi connectivity index (χ2n) is 6.68. The fourth-order valence-corrected chi connectivity index (χ4v) is 3.77. The Bertz CT molecular complexity index is 503. The Morgan fingerprint density at radius 3 is 2.18 bits per heavy atom. The van der Waals surface area contributed by atoms with Crippen molar-refractivity contribution in [1.82, 2.24) is 0 Å². The maximum Gasteiger partial charge on any atom is 0.183 e. The summed E-state index contributed by atoms with van der Waals surface area (Å²) >= 11 is 0. The number of hydrogen-bond acceptors (Lipinski definition) is 3. The van der Waals surface area contributed by atoms with Crippen LogP contribution in [0, 0.1) is 29.1 Å². The average molecular weight is 299 g/mol. The smallest absolute Gasteiger partial charge is 0.183 e. The van der Waals surface area contributed by atoms with Gasteiger partial charge >= 0.3 is 0 Å². The highest BCUT2D eigenvalue weighted by Crippen LogP contribution is 2.38. The number of rotatable bonds is 3. The van der Waals surface area contributed by atoms with Crippen molar-refractivity contribution < 1.29 is 9.47 Å². The molecule has 1 saturated heterocycles. The van der Waals surface area contributed by atoms with Crippen LogP contribution in [0.1, 0.15) is 56.4 Å². The molecule has 1 aromatic rings. The van der Waals surface area contributed by atoms with Crippen LogP contribution in [0.2, 0.25) is 0 Å². The lowest BCUT2D eigenvalue weighted by Crippen LogP contribution is -2.34. The van der Waals surface area contributed by atoms with E-state index in [4.69, 9.17) is 14.7 Å². The van der Waals surface area contributed by atoms with Crippen molar-refractivity contribution in [2.75, 3.05) is 13.2 Å². The normalized spacial score (nSPS) is 32.4. The van der Waals surface area contributed by atoms with Crippen LogP contribution in [-0.2, 0) is 9.47 Å². The van der Waals surface area contributed by atoms with Gasteiger partial charge < -0.3 is 9.47 Å². The van der Waals surface area contributed by atoms with Gasteiger partial charge in [0, 0.05) is 11.5 Å². The standard InChI is InChI=1S/C19H25NO2/c1-2-14-3-7-16(8-4-14)18-12-21-19(22-13-18)17-9-5-15(11-20)6-10-17/h5-6,9-10,14,16,18-19H,2-4,7-8,12-13H2,1H3. The molecule has 2 aliphatic rings. The van der Waals surface area contributed by atoms with Gasteiger partial charge in [0.25, 0.3) is 0 Å². The molecule has 1 saturated carbocycles. The van der Waals surface area contributed by atoms with Crippen LogP contribution in [0.25, 0.3) is 0 Å². The Hall–Kier alpha value is -1.37. The van der Waals surface area contributed by atoms with E-state index in [-0.39, 0.29) is 6.29 Å². The highest BCUT2D eigenvalue weighted by molar-refractivity contribution is 5.32. The first kappa shape index (κ1) is 15.5. The van der Waals surface area contributed by atoms with Crippen LogP contribution < -0.4 is 0 Å². The predicted octanol–water partition coefficient (Wildman–Crippen LogP) is 4.44. The molecular weight excluding hydrogens is 274 g/mol. The molecule has 0 bridgehead atoms. The van der Waals surface area contributed by atoms with Crippen molar-refractivity contribution >= 4 is 0 Å². The first-order chi connectivity index (χ1) is 10.8. The summed E-state index contributed by atoms with van der Waals surface area (Å²) in [4.78, 5) is 0. The van der Waals surface area contributed by atoms with Crippen LogP contribution in [0.15, 0.2) is 24.3 Å². The maximum absolute atomic E-state index is 8.84. The van der Waals surface area contributed by atoms with Crippen LogP contribution in [0.4, 0.5) is 0 Å². The molecule has 0 aromatic heterocycles. The summed E-state index contributed by atoms with van der Waals surface area (Å²) in [5.41, 5.74) is 1.68. The van der Waals surface area contributed by atoms with Gasteiger partial charge in [0.15, 0.2) is 6.29 Å². The zero-order valence-corrected chi connectivity index (χ0v) is 13.3. The Balaban J connectivity index is 1.51. The first-order valence-electron chi connectivity index (χ1n) is 8.53. The average Bonchev–Trinajstić information content (AvgIpc) is 2.62. The van der Waals surface area contributed by atoms with Gasteiger partial charge in [-0.15, -0.1) is 0 Å². The van der Waals surface area contributed by atoms with Crippen molar-refractivity contribution in [2.24, 2.45) is 17.8 Å². The molecule has 3 heteroatoms. The van der Waals surface area contributed by atoms with Gasteiger partial charge in [-0.25, -0.2) is 0 Å². The minimum atomic E-state index is -0.268. The van der Waals surface area contributed by atoms with E-state index < -0.39 is 0 Å². The lowest BCUT2D eigenvalue weighted by atomic mass is 9.75. The predicted molar refractivity (Wildman–Crippen MR) is 85.0 cm³/mol. The van der Waals surface area contributed by atoms with Gasteiger partial charge in [-0.05, 0) is 36.8 Å². The molecule has 2 fully saturated rings. The number of hydrogen-bond donors (Lipinski definition) is 0.